The molecule has 2 aromatic rings. The second-order valence-electron chi connectivity index (χ2n) is 6.49. The van der Waals surface area contributed by atoms with E-state index in [1.807, 2.05) is 12.1 Å². The van der Waals surface area contributed by atoms with Crippen LogP contribution in [0.15, 0.2) is 38.4 Å². The predicted molar refractivity (Wildman–Crippen MR) is 101 cm³/mol. The highest BCUT2D eigenvalue weighted by Crippen LogP contribution is 2.24. The molecule has 0 amide bonds. The van der Waals surface area contributed by atoms with Gasteiger partial charge in [0.2, 0.25) is 0 Å². The summed E-state index contributed by atoms with van der Waals surface area (Å²) in [7, 11) is 0. The Bertz CT molecular complexity index is 674. The number of furan rings is 1. The SMILES string of the molecule is CCNC(=NCc1cc(CC)no1)NCC(c1ccco1)N1CCCC1. The lowest BCUT2D eigenvalue weighted by Gasteiger charge is -2.26. The summed E-state index contributed by atoms with van der Waals surface area (Å²) in [6.45, 7) is 8.36. The van der Waals surface area contributed by atoms with E-state index < -0.39 is 0 Å². The number of hydrogen-bond acceptors (Lipinski definition) is 5. The molecule has 2 N–H and O–H groups in total. The molecule has 0 aromatic carbocycles. The minimum absolute atomic E-state index is 0.216. The quantitative estimate of drug-likeness (QED) is 0.557. The fourth-order valence-corrected chi connectivity index (χ4v) is 3.23. The first-order valence-electron chi connectivity index (χ1n) is 9.54. The maximum atomic E-state index is 5.68. The summed E-state index contributed by atoms with van der Waals surface area (Å²) in [4.78, 5) is 7.09. The van der Waals surface area contributed by atoms with Crippen molar-refractivity contribution in [3.8, 4) is 0 Å². The van der Waals surface area contributed by atoms with Crippen molar-refractivity contribution in [1.82, 2.24) is 20.7 Å². The molecule has 0 saturated carbocycles. The Morgan fingerprint density at radius 3 is 2.81 bits per heavy atom. The van der Waals surface area contributed by atoms with Crippen LogP contribution in [0.25, 0.3) is 0 Å². The fraction of sp³-hybridized carbons (Fsp3) is 0.579. The van der Waals surface area contributed by atoms with E-state index in [1.54, 1.807) is 6.26 Å². The predicted octanol–water partition coefficient (Wildman–Crippen LogP) is 2.72. The summed E-state index contributed by atoms with van der Waals surface area (Å²) in [5.41, 5.74) is 0.958. The first kappa shape index (κ1) is 18.5. The normalized spacial score (nSPS) is 16.8. The number of nitrogens with one attached hydrogen (secondary N) is 2. The van der Waals surface area contributed by atoms with Gasteiger partial charge in [0, 0.05) is 19.2 Å². The molecular weight excluding hydrogens is 330 g/mol. The van der Waals surface area contributed by atoms with Gasteiger partial charge in [-0.3, -0.25) is 4.90 Å². The first-order valence-corrected chi connectivity index (χ1v) is 9.54. The van der Waals surface area contributed by atoms with Gasteiger partial charge in [0.05, 0.1) is 18.0 Å². The Morgan fingerprint density at radius 2 is 2.15 bits per heavy atom. The van der Waals surface area contributed by atoms with Gasteiger partial charge in [-0.1, -0.05) is 12.1 Å². The zero-order chi connectivity index (χ0) is 18.2. The second kappa shape index (κ2) is 9.43. The molecule has 1 unspecified atom stereocenters. The van der Waals surface area contributed by atoms with Crippen molar-refractivity contribution >= 4 is 5.96 Å². The van der Waals surface area contributed by atoms with Crippen LogP contribution < -0.4 is 10.6 Å². The number of likely N-dealkylation sites (tertiary alicyclic amines) is 1. The van der Waals surface area contributed by atoms with Gasteiger partial charge in [-0.25, -0.2) is 4.99 Å². The molecule has 2 aromatic heterocycles. The molecule has 7 nitrogen and oxygen atoms in total. The summed E-state index contributed by atoms with van der Waals surface area (Å²) in [5, 5.41) is 10.8. The van der Waals surface area contributed by atoms with Crippen molar-refractivity contribution in [3.63, 3.8) is 0 Å². The lowest BCUT2D eigenvalue weighted by atomic mass is 10.2. The lowest BCUT2D eigenvalue weighted by Crippen LogP contribution is -2.42. The number of rotatable bonds is 8. The van der Waals surface area contributed by atoms with E-state index in [1.165, 1.54) is 12.8 Å². The molecule has 26 heavy (non-hydrogen) atoms. The third kappa shape index (κ3) is 4.88. The zero-order valence-electron chi connectivity index (χ0n) is 15.7. The van der Waals surface area contributed by atoms with Gasteiger partial charge in [0.1, 0.15) is 12.3 Å². The molecular formula is C19H29N5O2. The van der Waals surface area contributed by atoms with Crippen molar-refractivity contribution in [3.05, 3.63) is 41.7 Å². The van der Waals surface area contributed by atoms with Crippen LogP contribution in [-0.4, -0.2) is 42.2 Å². The van der Waals surface area contributed by atoms with E-state index in [0.717, 1.165) is 55.8 Å². The number of aliphatic imine (C=N–C) groups is 1. The average Bonchev–Trinajstić information content (AvgIpc) is 3.42. The van der Waals surface area contributed by atoms with Crippen LogP contribution in [0.3, 0.4) is 0 Å². The van der Waals surface area contributed by atoms with Crippen LogP contribution in [0.4, 0.5) is 0 Å². The second-order valence-corrected chi connectivity index (χ2v) is 6.49. The molecule has 3 rings (SSSR count). The Morgan fingerprint density at radius 1 is 1.31 bits per heavy atom. The Labute approximate surface area is 154 Å². The van der Waals surface area contributed by atoms with Crippen LogP contribution in [-0.2, 0) is 13.0 Å². The number of hydrogen-bond donors (Lipinski definition) is 2. The van der Waals surface area contributed by atoms with Gasteiger partial charge >= 0.3 is 0 Å². The Kier molecular flexibility index (Phi) is 6.71. The van der Waals surface area contributed by atoms with Gasteiger partial charge in [-0.05, 0) is 51.4 Å². The fourth-order valence-electron chi connectivity index (χ4n) is 3.23. The molecule has 0 spiro atoms. The third-order valence-electron chi connectivity index (χ3n) is 4.62. The third-order valence-corrected chi connectivity index (χ3v) is 4.62. The van der Waals surface area contributed by atoms with Crippen LogP contribution >= 0.6 is 0 Å². The summed E-state index contributed by atoms with van der Waals surface area (Å²) in [5.74, 6) is 2.55. The van der Waals surface area contributed by atoms with Crippen molar-refractivity contribution in [2.75, 3.05) is 26.2 Å². The van der Waals surface area contributed by atoms with Crippen LogP contribution in [0, 0.1) is 0 Å². The molecule has 1 atom stereocenters. The van der Waals surface area contributed by atoms with Crippen LogP contribution in [0.2, 0.25) is 0 Å². The van der Waals surface area contributed by atoms with Gasteiger partial charge in [0.15, 0.2) is 11.7 Å². The van der Waals surface area contributed by atoms with E-state index in [9.17, 15) is 0 Å². The summed E-state index contributed by atoms with van der Waals surface area (Å²) in [6, 6.07) is 6.18. The maximum Gasteiger partial charge on any atom is 0.191 e. The number of nitrogens with zero attached hydrogens (tertiary/aromatic N) is 3. The highest BCUT2D eigenvalue weighted by molar-refractivity contribution is 5.79. The maximum absolute atomic E-state index is 5.68. The molecule has 1 aliphatic rings. The van der Waals surface area contributed by atoms with Gasteiger partial charge in [-0.15, -0.1) is 0 Å². The first-order chi connectivity index (χ1) is 12.8. The van der Waals surface area contributed by atoms with Crippen LogP contribution in [0.5, 0.6) is 0 Å². The van der Waals surface area contributed by atoms with Crippen molar-refractivity contribution < 1.29 is 8.94 Å². The standard InChI is InChI=1S/C19H29N5O2/c1-3-15-12-16(26-23-15)13-21-19(20-4-2)22-14-17(18-8-7-11-25-18)24-9-5-6-10-24/h7-8,11-12,17H,3-6,9-10,13-14H2,1-2H3,(H2,20,21,22). The van der Waals surface area contributed by atoms with Crippen molar-refractivity contribution in [1.29, 1.82) is 0 Å². The largest absolute Gasteiger partial charge is 0.468 e. The number of aryl methyl sites for hydroxylation is 1. The highest BCUT2D eigenvalue weighted by atomic mass is 16.5. The van der Waals surface area contributed by atoms with E-state index in [4.69, 9.17) is 8.94 Å². The minimum atomic E-state index is 0.216. The Hall–Kier alpha value is -2.28. The van der Waals surface area contributed by atoms with E-state index in [2.05, 4.69) is 45.6 Å². The summed E-state index contributed by atoms with van der Waals surface area (Å²) in [6.07, 6.45) is 5.10. The van der Waals surface area contributed by atoms with Crippen LogP contribution in [0.1, 0.15) is 49.9 Å². The molecule has 0 radical (unpaired) electrons. The topological polar surface area (TPSA) is 78.8 Å². The highest BCUT2D eigenvalue weighted by Gasteiger charge is 2.25. The molecule has 3 heterocycles. The van der Waals surface area contributed by atoms with Crippen molar-refractivity contribution in [2.45, 2.75) is 45.7 Å². The number of guanidine groups is 1. The minimum Gasteiger partial charge on any atom is -0.468 e. The zero-order valence-corrected chi connectivity index (χ0v) is 15.7. The van der Waals surface area contributed by atoms with E-state index in [0.29, 0.717) is 6.54 Å². The van der Waals surface area contributed by atoms with E-state index >= 15 is 0 Å². The monoisotopic (exact) mass is 359 g/mol. The van der Waals surface area contributed by atoms with Gasteiger partial charge in [-0.2, -0.15) is 0 Å². The molecule has 1 saturated heterocycles. The lowest BCUT2D eigenvalue weighted by molar-refractivity contribution is 0.215. The molecule has 142 valence electrons. The molecule has 1 aliphatic heterocycles. The number of aromatic nitrogens is 1. The molecule has 1 fully saturated rings. The van der Waals surface area contributed by atoms with E-state index in [-0.39, 0.29) is 6.04 Å². The molecule has 0 bridgehead atoms. The van der Waals surface area contributed by atoms with Gasteiger partial charge < -0.3 is 19.6 Å². The smallest absolute Gasteiger partial charge is 0.191 e. The average molecular weight is 359 g/mol. The summed E-state index contributed by atoms with van der Waals surface area (Å²) >= 11 is 0. The van der Waals surface area contributed by atoms with Crippen molar-refractivity contribution in [2.24, 2.45) is 4.99 Å². The van der Waals surface area contributed by atoms with Gasteiger partial charge in [0.25, 0.3) is 0 Å². The Balaban J connectivity index is 1.62. The molecule has 0 aliphatic carbocycles. The summed E-state index contributed by atoms with van der Waals surface area (Å²) < 4.78 is 11.0. The molecule has 7 heteroatoms.